The molecule has 0 aliphatic carbocycles. The Morgan fingerprint density at radius 1 is 1.13 bits per heavy atom. The molecule has 4 rings (SSSR count). The molecular weight excluding hydrogens is 425 g/mol. The summed E-state index contributed by atoms with van der Waals surface area (Å²) in [5.41, 5.74) is 1.53. The highest BCUT2D eigenvalue weighted by molar-refractivity contribution is 6.31. The first-order valence-electron chi connectivity index (χ1n) is 9.71. The molecule has 1 fully saturated rings. The summed E-state index contributed by atoms with van der Waals surface area (Å²) in [6.07, 6.45) is 0.908. The third kappa shape index (κ3) is 5.19. The van der Waals surface area contributed by atoms with Crippen LogP contribution in [0.2, 0.25) is 5.02 Å². The number of para-hydroxylation sites is 2. The van der Waals surface area contributed by atoms with Gasteiger partial charge in [-0.1, -0.05) is 23.7 Å². The number of urea groups is 1. The minimum Gasteiger partial charge on any atom is -0.495 e. The summed E-state index contributed by atoms with van der Waals surface area (Å²) in [4.78, 5) is 16.9. The molecule has 2 aromatic carbocycles. The molecule has 1 aliphatic rings. The summed E-state index contributed by atoms with van der Waals surface area (Å²) < 4.78 is 11.3. The third-order valence-electron chi connectivity index (χ3n) is 5.13. The molecule has 6 nitrogen and oxygen atoms in total. The molecular formula is C22H25Cl2N3O3. The van der Waals surface area contributed by atoms with Crippen LogP contribution in [0.25, 0.3) is 11.0 Å². The van der Waals surface area contributed by atoms with Gasteiger partial charge in [0.05, 0.1) is 19.3 Å². The number of anilines is 1. The largest absolute Gasteiger partial charge is 0.495 e. The maximum absolute atomic E-state index is 12.7. The summed E-state index contributed by atoms with van der Waals surface area (Å²) in [6.45, 7) is 3.79. The molecule has 3 aromatic rings. The molecule has 1 aliphatic heterocycles. The van der Waals surface area contributed by atoms with Crippen LogP contribution < -0.4 is 10.1 Å². The van der Waals surface area contributed by atoms with Gasteiger partial charge >= 0.3 is 6.03 Å². The lowest BCUT2D eigenvalue weighted by atomic mass is 10.2. The standard InChI is InChI=1S/C22H24ClN3O3.ClH/c1-28-21-6-3-2-5-19(21)24-22(27)26-10-4-9-25(11-12-26)15-18-14-16-13-17(23)7-8-20(16)29-18;/h2-3,5-8,13-14H,4,9-12,15H2,1H3,(H,24,27);1H. The van der Waals surface area contributed by atoms with E-state index in [0.717, 1.165) is 36.2 Å². The average molecular weight is 450 g/mol. The monoisotopic (exact) mass is 449 g/mol. The van der Waals surface area contributed by atoms with Crippen LogP contribution in [0.4, 0.5) is 10.5 Å². The number of ether oxygens (including phenoxy) is 1. The molecule has 2 amide bonds. The van der Waals surface area contributed by atoms with E-state index in [1.807, 2.05) is 53.4 Å². The topological polar surface area (TPSA) is 58.0 Å². The molecule has 1 N–H and O–H groups in total. The van der Waals surface area contributed by atoms with E-state index in [0.29, 0.717) is 36.1 Å². The molecule has 0 bridgehead atoms. The van der Waals surface area contributed by atoms with Gasteiger partial charge in [-0.25, -0.2) is 4.79 Å². The highest BCUT2D eigenvalue weighted by Crippen LogP contribution is 2.25. The van der Waals surface area contributed by atoms with Crippen LogP contribution in [0, 0.1) is 0 Å². The van der Waals surface area contributed by atoms with Crippen molar-refractivity contribution in [3.05, 3.63) is 59.3 Å². The highest BCUT2D eigenvalue weighted by Gasteiger charge is 2.21. The fourth-order valence-corrected chi connectivity index (χ4v) is 3.82. The van der Waals surface area contributed by atoms with Crippen LogP contribution in [0.15, 0.2) is 52.9 Å². The Balaban J connectivity index is 0.00000256. The van der Waals surface area contributed by atoms with Crippen LogP contribution >= 0.6 is 24.0 Å². The smallest absolute Gasteiger partial charge is 0.321 e. The van der Waals surface area contributed by atoms with Crippen molar-refractivity contribution in [2.24, 2.45) is 0 Å². The second kappa shape index (κ2) is 10.1. The van der Waals surface area contributed by atoms with Crippen LogP contribution in [-0.4, -0.2) is 49.1 Å². The third-order valence-corrected chi connectivity index (χ3v) is 5.37. The number of carbonyl (C=O) groups excluding carboxylic acids is 1. The number of hydrogen-bond acceptors (Lipinski definition) is 4. The van der Waals surface area contributed by atoms with E-state index in [1.165, 1.54) is 0 Å². The van der Waals surface area contributed by atoms with Crippen LogP contribution in [0.1, 0.15) is 12.2 Å². The number of rotatable bonds is 4. The van der Waals surface area contributed by atoms with E-state index < -0.39 is 0 Å². The Bertz CT molecular complexity index is 1010. The Kier molecular flexibility index (Phi) is 7.48. The number of carbonyl (C=O) groups is 1. The van der Waals surface area contributed by atoms with Gasteiger partial charge in [0.15, 0.2) is 0 Å². The van der Waals surface area contributed by atoms with Gasteiger partial charge in [0.1, 0.15) is 17.1 Å². The van der Waals surface area contributed by atoms with E-state index in [-0.39, 0.29) is 18.4 Å². The van der Waals surface area contributed by atoms with Gasteiger partial charge in [-0.2, -0.15) is 0 Å². The van der Waals surface area contributed by atoms with Gasteiger partial charge in [-0.15, -0.1) is 12.4 Å². The maximum Gasteiger partial charge on any atom is 0.321 e. The Morgan fingerprint density at radius 3 is 2.80 bits per heavy atom. The summed E-state index contributed by atoms with van der Waals surface area (Å²) >= 11 is 6.06. The van der Waals surface area contributed by atoms with Gasteiger partial charge in [0.25, 0.3) is 0 Å². The first kappa shape index (κ1) is 22.3. The van der Waals surface area contributed by atoms with Gasteiger partial charge < -0.3 is 19.4 Å². The first-order valence-corrected chi connectivity index (χ1v) is 10.1. The highest BCUT2D eigenvalue weighted by atomic mass is 35.5. The molecule has 30 heavy (non-hydrogen) atoms. The molecule has 8 heteroatoms. The van der Waals surface area contributed by atoms with Crippen LogP contribution in [0.5, 0.6) is 5.75 Å². The first-order chi connectivity index (χ1) is 14.1. The predicted octanol–water partition coefficient (Wildman–Crippen LogP) is 5.26. The van der Waals surface area contributed by atoms with Gasteiger partial charge in [-0.3, -0.25) is 4.90 Å². The zero-order valence-electron chi connectivity index (χ0n) is 16.8. The maximum atomic E-state index is 12.7. The van der Waals surface area contributed by atoms with E-state index in [4.69, 9.17) is 20.8 Å². The summed E-state index contributed by atoms with van der Waals surface area (Å²) in [7, 11) is 1.60. The minimum absolute atomic E-state index is 0. The summed E-state index contributed by atoms with van der Waals surface area (Å²) in [5, 5.41) is 4.68. The number of methoxy groups -OCH3 is 1. The number of hydrogen-bond donors (Lipinski definition) is 1. The zero-order chi connectivity index (χ0) is 20.2. The van der Waals surface area contributed by atoms with Crippen LogP contribution in [0.3, 0.4) is 0 Å². The van der Waals surface area contributed by atoms with Gasteiger partial charge in [0, 0.05) is 36.6 Å². The minimum atomic E-state index is -0.102. The number of halogens is 2. The predicted molar refractivity (Wildman–Crippen MR) is 122 cm³/mol. The lowest BCUT2D eigenvalue weighted by Crippen LogP contribution is -2.38. The molecule has 160 valence electrons. The van der Waals surface area contributed by atoms with Crippen molar-refractivity contribution < 1.29 is 13.9 Å². The van der Waals surface area contributed by atoms with Crippen molar-refractivity contribution in [3.63, 3.8) is 0 Å². The van der Waals surface area contributed by atoms with E-state index in [1.54, 1.807) is 7.11 Å². The van der Waals surface area contributed by atoms with Gasteiger partial charge in [-0.05, 0) is 42.8 Å². The molecule has 1 saturated heterocycles. The molecule has 2 heterocycles. The number of furan rings is 1. The lowest BCUT2D eigenvalue weighted by molar-refractivity contribution is 0.209. The molecule has 0 unspecified atom stereocenters. The summed E-state index contributed by atoms with van der Waals surface area (Å²) in [6, 6.07) is 15.0. The average Bonchev–Trinajstić information content (AvgIpc) is 2.96. The quantitative estimate of drug-likeness (QED) is 0.590. The zero-order valence-corrected chi connectivity index (χ0v) is 18.3. The molecule has 1 aromatic heterocycles. The second-order valence-corrected chi connectivity index (χ2v) is 7.58. The number of fused-ring (bicyclic) bond motifs is 1. The SMILES string of the molecule is COc1ccccc1NC(=O)N1CCCN(Cc2cc3cc(Cl)ccc3o2)CC1.Cl. The van der Waals surface area contributed by atoms with Crippen LogP contribution in [-0.2, 0) is 6.54 Å². The van der Waals surface area contributed by atoms with E-state index >= 15 is 0 Å². The number of nitrogens with one attached hydrogen (secondary N) is 1. The normalized spacial score (nSPS) is 14.8. The van der Waals surface area contributed by atoms with Crippen molar-refractivity contribution in [1.82, 2.24) is 9.80 Å². The summed E-state index contributed by atoms with van der Waals surface area (Å²) in [5.74, 6) is 1.57. The van der Waals surface area contributed by atoms with Crippen molar-refractivity contribution in [1.29, 1.82) is 0 Å². The Labute approximate surface area is 187 Å². The van der Waals surface area contributed by atoms with Crippen molar-refractivity contribution in [2.75, 3.05) is 38.6 Å². The van der Waals surface area contributed by atoms with Crippen molar-refractivity contribution in [2.45, 2.75) is 13.0 Å². The molecule has 0 atom stereocenters. The van der Waals surface area contributed by atoms with Gasteiger partial charge in [0.2, 0.25) is 0 Å². The Hall–Kier alpha value is -2.41. The van der Waals surface area contributed by atoms with E-state index in [9.17, 15) is 4.79 Å². The fourth-order valence-electron chi connectivity index (χ4n) is 3.64. The number of nitrogens with zero attached hydrogens (tertiary/aromatic N) is 2. The lowest BCUT2D eigenvalue weighted by Gasteiger charge is -2.22. The Morgan fingerprint density at radius 2 is 1.97 bits per heavy atom. The number of amides is 2. The molecule has 0 radical (unpaired) electrons. The van der Waals surface area contributed by atoms with Crippen molar-refractivity contribution >= 4 is 46.7 Å². The second-order valence-electron chi connectivity index (χ2n) is 7.14. The fraction of sp³-hybridized carbons (Fsp3) is 0.318. The number of benzene rings is 2. The van der Waals surface area contributed by atoms with Crippen molar-refractivity contribution in [3.8, 4) is 5.75 Å². The van der Waals surface area contributed by atoms with E-state index in [2.05, 4.69) is 10.2 Å². The molecule has 0 saturated carbocycles. The molecule has 0 spiro atoms.